The van der Waals surface area contributed by atoms with Crippen LogP contribution in [0, 0.1) is 0 Å². The topological polar surface area (TPSA) is 52.4 Å². The van der Waals surface area contributed by atoms with Crippen LogP contribution in [-0.4, -0.2) is 52.5 Å². The normalized spacial score (nSPS) is 19.3. The van der Waals surface area contributed by atoms with E-state index >= 15 is 0 Å². The summed E-state index contributed by atoms with van der Waals surface area (Å²) in [4.78, 5) is 6.65. The van der Waals surface area contributed by atoms with E-state index in [1.165, 1.54) is 35.1 Å². The van der Waals surface area contributed by atoms with Crippen LogP contribution in [-0.2, 0) is 13.1 Å². The van der Waals surface area contributed by atoms with E-state index in [0.29, 0.717) is 5.75 Å². The molecular formula is C23H31N3O3+2. The van der Waals surface area contributed by atoms with Crippen LogP contribution in [0.1, 0.15) is 11.1 Å². The van der Waals surface area contributed by atoms with Crippen molar-refractivity contribution in [3.8, 4) is 17.2 Å². The number of hydrogen-bond acceptors (Lipinski definition) is 3. The van der Waals surface area contributed by atoms with Crippen LogP contribution >= 0.6 is 0 Å². The molecular weight excluding hydrogens is 366 g/mol. The molecule has 4 rings (SSSR count). The Morgan fingerprint density at radius 2 is 1.45 bits per heavy atom. The quantitative estimate of drug-likeness (QED) is 0.550. The monoisotopic (exact) mass is 397 g/mol. The zero-order chi connectivity index (χ0) is 20.2. The number of hydrogen-bond donors (Lipinski definition) is 3. The lowest BCUT2D eigenvalue weighted by molar-refractivity contribution is -1.02. The van der Waals surface area contributed by atoms with Crippen LogP contribution in [0.25, 0.3) is 10.9 Å². The number of benzene rings is 2. The Bertz CT molecular complexity index is 936. The lowest BCUT2D eigenvalue weighted by Crippen LogP contribution is -3.27. The summed E-state index contributed by atoms with van der Waals surface area (Å²) in [5.74, 6) is 2.11. The largest absolute Gasteiger partial charge is 0.493 e. The summed E-state index contributed by atoms with van der Waals surface area (Å²) in [6, 6.07) is 12.7. The van der Waals surface area contributed by atoms with Gasteiger partial charge in [0.2, 0.25) is 5.75 Å². The van der Waals surface area contributed by atoms with Crippen molar-refractivity contribution in [1.29, 1.82) is 0 Å². The summed E-state index contributed by atoms with van der Waals surface area (Å²) in [5.41, 5.74) is 3.87. The number of rotatable bonds is 7. The van der Waals surface area contributed by atoms with E-state index in [9.17, 15) is 0 Å². The zero-order valence-electron chi connectivity index (χ0n) is 17.5. The van der Waals surface area contributed by atoms with Crippen LogP contribution in [0.5, 0.6) is 17.2 Å². The van der Waals surface area contributed by atoms with Crippen LogP contribution in [0.15, 0.2) is 42.6 Å². The molecule has 0 unspecified atom stereocenters. The van der Waals surface area contributed by atoms with Crippen molar-refractivity contribution in [1.82, 2.24) is 4.98 Å². The first-order chi connectivity index (χ1) is 14.2. The molecule has 0 aliphatic carbocycles. The van der Waals surface area contributed by atoms with Gasteiger partial charge in [0.15, 0.2) is 11.5 Å². The Balaban J connectivity index is 1.37. The van der Waals surface area contributed by atoms with Gasteiger partial charge in [-0.25, -0.2) is 0 Å². The number of nitrogens with one attached hydrogen (secondary N) is 3. The third kappa shape index (κ3) is 4.18. The fourth-order valence-electron chi connectivity index (χ4n) is 4.38. The van der Waals surface area contributed by atoms with Crippen LogP contribution in [0.3, 0.4) is 0 Å². The maximum Gasteiger partial charge on any atom is 0.203 e. The molecule has 29 heavy (non-hydrogen) atoms. The first-order valence-electron chi connectivity index (χ1n) is 10.2. The molecule has 1 aliphatic rings. The van der Waals surface area contributed by atoms with Gasteiger partial charge in [0.1, 0.15) is 39.3 Å². The molecule has 154 valence electrons. The number of piperazine rings is 1. The number of aromatic amines is 1. The molecule has 0 saturated carbocycles. The van der Waals surface area contributed by atoms with Crippen LogP contribution in [0.2, 0.25) is 0 Å². The van der Waals surface area contributed by atoms with E-state index < -0.39 is 0 Å². The van der Waals surface area contributed by atoms with Crippen molar-refractivity contribution in [3.63, 3.8) is 0 Å². The SMILES string of the molecule is COc1cc(C[NH+]2CC[NH+](Cc3c[nH]c4ccccc34)CC2)cc(OC)c1OC. The van der Waals surface area contributed by atoms with Gasteiger partial charge in [-0.1, -0.05) is 18.2 Å². The molecule has 0 radical (unpaired) electrons. The molecule has 0 atom stereocenters. The second-order valence-corrected chi connectivity index (χ2v) is 7.75. The fraction of sp³-hybridized carbons (Fsp3) is 0.391. The molecule has 3 N–H and O–H groups in total. The van der Waals surface area contributed by atoms with E-state index in [4.69, 9.17) is 14.2 Å². The molecule has 2 heterocycles. The Hall–Kier alpha value is -2.70. The number of quaternary nitrogens is 2. The van der Waals surface area contributed by atoms with Crippen molar-refractivity contribution in [2.75, 3.05) is 47.5 Å². The summed E-state index contributed by atoms with van der Waals surface area (Å²) >= 11 is 0. The molecule has 1 fully saturated rings. The number of ether oxygens (including phenoxy) is 3. The number of fused-ring (bicyclic) bond motifs is 1. The van der Waals surface area contributed by atoms with Gasteiger partial charge in [0.05, 0.1) is 21.3 Å². The van der Waals surface area contributed by atoms with E-state index in [1.54, 1.807) is 31.1 Å². The highest BCUT2D eigenvalue weighted by Gasteiger charge is 2.25. The lowest BCUT2D eigenvalue weighted by atomic mass is 10.1. The third-order valence-electron chi connectivity index (χ3n) is 5.96. The number of para-hydroxylation sites is 1. The molecule has 1 aromatic heterocycles. The average molecular weight is 398 g/mol. The van der Waals surface area contributed by atoms with Crippen molar-refractivity contribution < 1.29 is 24.0 Å². The van der Waals surface area contributed by atoms with Gasteiger partial charge in [-0.3, -0.25) is 0 Å². The van der Waals surface area contributed by atoms with Gasteiger partial charge in [0.25, 0.3) is 0 Å². The summed E-state index contributed by atoms with van der Waals surface area (Å²) in [5, 5.41) is 1.35. The molecule has 2 aromatic carbocycles. The minimum absolute atomic E-state index is 0.654. The molecule has 6 nitrogen and oxygen atoms in total. The first-order valence-corrected chi connectivity index (χ1v) is 10.2. The van der Waals surface area contributed by atoms with Gasteiger partial charge in [-0.2, -0.15) is 0 Å². The Morgan fingerprint density at radius 1 is 0.828 bits per heavy atom. The van der Waals surface area contributed by atoms with Gasteiger partial charge >= 0.3 is 0 Å². The first kappa shape index (κ1) is 19.6. The van der Waals surface area contributed by atoms with E-state index in [2.05, 4.69) is 47.6 Å². The summed E-state index contributed by atoms with van der Waals surface area (Å²) in [6.07, 6.45) is 2.17. The Labute approximate surface area is 172 Å². The second kappa shape index (κ2) is 8.76. The van der Waals surface area contributed by atoms with Crippen molar-refractivity contribution in [2.45, 2.75) is 13.1 Å². The van der Waals surface area contributed by atoms with Crippen molar-refractivity contribution in [2.24, 2.45) is 0 Å². The molecule has 6 heteroatoms. The standard InChI is InChI=1S/C23H29N3O3/c1-27-21-12-17(13-22(28-2)23(21)29-3)15-25-8-10-26(11-9-25)16-18-14-24-20-7-5-4-6-19(18)20/h4-7,12-14,24H,8-11,15-16H2,1-3H3/p+2. The molecule has 0 amide bonds. The highest BCUT2D eigenvalue weighted by Crippen LogP contribution is 2.37. The molecule has 0 spiro atoms. The third-order valence-corrected chi connectivity index (χ3v) is 5.96. The Kier molecular flexibility index (Phi) is 5.92. The van der Waals surface area contributed by atoms with E-state index in [0.717, 1.165) is 37.7 Å². The predicted octanol–water partition coefficient (Wildman–Crippen LogP) is 0.677. The summed E-state index contributed by atoms with van der Waals surface area (Å²) < 4.78 is 16.4. The number of H-pyrrole nitrogens is 1. The van der Waals surface area contributed by atoms with E-state index in [-0.39, 0.29) is 0 Å². The summed E-state index contributed by atoms with van der Waals surface area (Å²) in [6.45, 7) is 6.74. The molecule has 3 aromatic rings. The molecule has 1 aliphatic heterocycles. The number of aromatic nitrogens is 1. The van der Waals surface area contributed by atoms with Gasteiger partial charge in [0, 0.05) is 28.2 Å². The lowest BCUT2D eigenvalue weighted by Gasteiger charge is -2.30. The zero-order valence-corrected chi connectivity index (χ0v) is 17.5. The smallest absolute Gasteiger partial charge is 0.203 e. The minimum Gasteiger partial charge on any atom is -0.493 e. The van der Waals surface area contributed by atoms with E-state index in [1.807, 2.05) is 0 Å². The van der Waals surface area contributed by atoms with Crippen molar-refractivity contribution >= 4 is 10.9 Å². The van der Waals surface area contributed by atoms with Gasteiger partial charge < -0.3 is 29.0 Å². The predicted molar refractivity (Wildman–Crippen MR) is 113 cm³/mol. The molecule has 0 bridgehead atoms. The minimum atomic E-state index is 0.654. The summed E-state index contributed by atoms with van der Waals surface area (Å²) in [7, 11) is 4.97. The Morgan fingerprint density at radius 3 is 2.07 bits per heavy atom. The maximum atomic E-state index is 5.50. The van der Waals surface area contributed by atoms with Crippen LogP contribution in [0.4, 0.5) is 0 Å². The second-order valence-electron chi connectivity index (χ2n) is 7.75. The highest BCUT2D eigenvalue weighted by molar-refractivity contribution is 5.82. The van der Waals surface area contributed by atoms with Gasteiger partial charge in [-0.15, -0.1) is 0 Å². The van der Waals surface area contributed by atoms with Gasteiger partial charge in [-0.05, 0) is 18.2 Å². The number of methoxy groups -OCH3 is 3. The van der Waals surface area contributed by atoms with Crippen LogP contribution < -0.4 is 24.0 Å². The highest BCUT2D eigenvalue weighted by atomic mass is 16.5. The van der Waals surface area contributed by atoms with Crippen molar-refractivity contribution in [3.05, 3.63) is 53.7 Å². The molecule has 1 saturated heterocycles. The fourth-order valence-corrected chi connectivity index (χ4v) is 4.38. The average Bonchev–Trinajstić information content (AvgIpc) is 3.17. The maximum absolute atomic E-state index is 5.50.